The second-order valence-electron chi connectivity index (χ2n) is 5.30. The average molecular weight is 264 g/mol. The summed E-state index contributed by atoms with van der Waals surface area (Å²) in [5.74, 6) is 0.774. The second-order valence-corrected chi connectivity index (χ2v) is 5.30. The Kier molecular flexibility index (Phi) is 2.44. The number of nitrogens with zero attached hydrogens (tertiary/aromatic N) is 2. The first-order valence-electron chi connectivity index (χ1n) is 7.01. The van der Waals surface area contributed by atoms with Gasteiger partial charge in [-0.25, -0.2) is 0 Å². The van der Waals surface area contributed by atoms with Crippen LogP contribution in [0.5, 0.6) is 0 Å². The van der Waals surface area contributed by atoms with Crippen molar-refractivity contribution in [3.05, 3.63) is 65.7 Å². The summed E-state index contributed by atoms with van der Waals surface area (Å²) in [6.07, 6.45) is 1.03. The molecule has 0 bridgehead atoms. The molecule has 2 aromatic carbocycles. The van der Waals surface area contributed by atoms with Gasteiger partial charge in [0.1, 0.15) is 5.84 Å². The molecule has 3 nitrogen and oxygen atoms in total. The maximum Gasteiger partial charge on any atom is 0.174 e. The van der Waals surface area contributed by atoms with E-state index in [0.29, 0.717) is 0 Å². The molecule has 0 saturated heterocycles. The molecule has 20 heavy (non-hydrogen) atoms. The van der Waals surface area contributed by atoms with Crippen molar-refractivity contribution in [2.24, 2.45) is 4.99 Å². The number of benzene rings is 2. The van der Waals surface area contributed by atoms with Crippen LogP contribution in [-0.4, -0.2) is 24.0 Å². The Bertz CT molecular complexity index is 680. The Morgan fingerprint density at radius 3 is 2.60 bits per heavy atom. The Labute approximate surface area is 118 Å². The van der Waals surface area contributed by atoms with Gasteiger partial charge in [0.05, 0.1) is 0 Å². The fraction of sp³-hybridized carbons (Fsp3) is 0.235. The van der Waals surface area contributed by atoms with Crippen molar-refractivity contribution >= 4 is 11.5 Å². The van der Waals surface area contributed by atoms with Crippen LogP contribution in [0.15, 0.2) is 59.6 Å². The molecule has 2 aromatic rings. The third-order valence-corrected chi connectivity index (χ3v) is 4.16. The van der Waals surface area contributed by atoms with E-state index in [1.54, 1.807) is 0 Å². The number of fused-ring (bicyclic) bond motifs is 3. The molecule has 0 spiro atoms. The van der Waals surface area contributed by atoms with Gasteiger partial charge < -0.3 is 10.0 Å². The van der Waals surface area contributed by atoms with Crippen LogP contribution in [0.1, 0.15) is 17.5 Å². The molecule has 2 aliphatic heterocycles. The molecule has 1 atom stereocenters. The van der Waals surface area contributed by atoms with Crippen molar-refractivity contribution in [1.82, 2.24) is 0 Å². The molecule has 0 radical (unpaired) electrons. The Balaban J connectivity index is 2.00. The third kappa shape index (κ3) is 1.41. The number of hydrogen-bond acceptors (Lipinski definition) is 3. The summed E-state index contributed by atoms with van der Waals surface area (Å²) >= 11 is 0. The maximum absolute atomic E-state index is 11.4. The summed E-state index contributed by atoms with van der Waals surface area (Å²) in [5.41, 5.74) is 1.79. The van der Waals surface area contributed by atoms with E-state index < -0.39 is 5.60 Å². The molecule has 0 amide bonds. The van der Waals surface area contributed by atoms with Crippen molar-refractivity contribution in [2.75, 3.05) is 18.0 Å². The lowest BCUT2D eigenvalue weighted by molar-refractivity contribution is 0.158. The van der Waals surface area contributed by atoms with Crippen LogP contribution in [0, 0.1) is 0 Å². The van der Waals surface area contributed by atoms with Crippen LogP contribution in [0.3, 0.4) is 0 Å². The minimum absolute atomic E-state index is 0.774. The van der Waals surface area contributed by atoms with Crippen molar-refractivity contribution in [1.29, 1.82) is 0 Å². The third-order valence-electron chi connectivity index (χ3n) is 4.16. The lowest BCUT2D eigenvalue weighted by Crippen LogP contribution is -2.44. The van der Waals surface area contributed by atoms with Gasteiger partial charge in [0, 0.05) is 24.3 Å². The normalized spacial score (nSPS) is 24.1. The van der Waals surface area contributed by atoms with Crippen molar-refractivity contribution in [3.63, 3.8) is 0 Å². The highest BCUT2D eigenvalue weighted by molar-refractivity contribution is 6.12. The van der Waals surface area contributed by atoms with E-state index >= 15 is 0 Å². The van der Waals surface area contributed by atoms with Gasteiger partial charge in [-0.3, -0.25) is 4.99 Å². The van der Waals surface area contributed by atoms with Gasteiger partial charge in [-0.05, 0) is 18.1 Å². The molecule has 0 aromatic heterocycles. The number of rotatable bonds is 1. The summed E-state index contributed by atoms with van der Waals surface area (Å²) < 4.78 is 0. The molecule has 0 saturated carbocycles. The summed E-state index contributed by atoms with van der Waals surface area (Å²) in [7, 11) is 0. The average Bonchev–Trinajstić information content (AvgIpc) is 2.80. The SMILES string of the molecule is O[C@@]1(c2ccccc2)C2=NCCCN2c2ccccc21. The lowest BCUT2D eigenvalue weighted by atomic mass is 9.87. The Hall–Kier alpha value is -2.13. The van der Waals surface area contributed by atoms with Crippen LogP contribution < -0.4 is 4.90 Å². The number of amidine groups is 1. The maximum atomic E-state index is 11.4. The summed E-state index contributed by atoms with van der Waals surface area (Å²) in [6, 6.07) is 17.9. The monoisotopic (exact) mass is 264 g/mol. The first-order chi connectivity index (χ1) is 9.82. The van der Waals surface area contributed by atoms with Crippen LogP contribution in [-0.2, 0) is 5.60 Å². The molecule has 2 heterocycles. The van der Waals surface area contributed by atoms with E-state index in [9.17, 15) is 5.11 Å². The zero-order chi connectivity index (χ0) is 13.6. The first kappa shape index (κ1) is 11.7. The van der Waals surface area contributed by atoms with Gasteiger partial charge in [-0.1, -0.05) is 48.5 Å². The predicted octanol–water partition coefficient (Wildman–Crippen LogP) is 2.54. The quantitative estimate of drug-likeness (QED) is 0.859. The van der Waals surface area contributed by atoms with Crippen LogP contribution in [0.25, 0.3) is 0 Å². The van der Waals surface area contributed by atoms with Crippen molar-refractivity contribution < 1.29 is 5.11 Å². The van der Waals surface area contributed by atoms with Crippen LogP contribution in [0.4, 0.5) is 5.69 Å². The predicted molar refractivity (Wildman–Crippen MR) is 80.1 cm³/mol. The van der Waals surface area contributed by atoms with Crippen molar-refractivity contribution in [2.45, 2.75) is 12.0 Å². The van der Waals surface area contributed by atoms with Gasteiger partial charge in [0.25, 0.3) is 0 Å². The highest BCUT2D eigenvalue weighted by atomic mass is 16.3. The van der Waals surface area contributed by atoms with E-state index in [-0.39, 0.29) is 0 Å². The number of aliphatic hydroxyl groups is 1. The Morgan fingerprint density at radius 2 is 1.75 bits per heavy atom. The largest absolute Gasteiger partial charge is 0.373 e. The summed E-state index contributed by atoms with van der Waals surface area (Å²) in [5, 5.41) is 11.4. The van der Waals surface area contributed by atoms with E-state index in [1.165, 1.54) is 0 Å². The van der Waals surface area contributed by atoms with Gasteiger partial charge in [-0.2, -0.15) is 0 Å². The summed E-state index contributed by atoms with van der Waals surface area (Å²) in [6.45, 7) is 1.71. The number of anilines is 1. The van der Waals surface area contributed by atoms with Gasteiger partial charge >= 0.3 is 0 Å². The van der Waals surface area contributed by atoms with Gasteiger partial charge in [-0.15, -0.1) is 0 Å². The zero-order valence-electron chi connectivity index (χ0n) is 11.2. The number of hydrogen-bond donors (Lipinski definition) is 1. The van der Waals surface area contributed by atoms with E-state index in [0.717, 1.165) is 42.2 Å². The number of aliphatic imine (C=N–C) groups is 1. The molecular weight excluding hydrogens is 248 g/mol. The minimum atomic E-state index is -1.11. The molecule has 3 heteroatoms. The highest BCUT2D eigenvalue weighted by Gasteiger charge is 2.49. The molecule has 100 valence electrons. The first-order valence-corrected chi connectivity index (χ1v) is 7.01. The van der Waals surface area contributed by atoms with E-state index in [1.807, 2.05) is 48.5 Å². The molecule has 0 aliphatic carbocycles. The molecule has 1 N–H and O–H groups in total. The molecule has 2 aliphatic rings. The van der Waals surface area contributed by atoms with Gasteiger partial charge in [0.2, 0.25) is 0 Å². The second kappa shape index (κ2) is 4.18. The Morgan fingerprint density at radius 1 is 1.00 bits per heavy atom. The minimum Gasteiger partial charge on any atom is -0.373 e. The van der Waals surface area contributed by atoms with E-state index in [4.69, 9.17) is 0 Å². The van der Waals surface area contributed by atoms with Crippen LogP contribution >= 0.6 is 0 Å². The topological polar surface area (TPSA) is 35.8 Å². The molecule has 4 rings (SSSR count). The molecule has 0 unspecified atom stereocenters. The van der Waals surface area contributed by atoms with Crippen LogP contribution in [0.2, 0.25) is 0 Å². The molecular formula is C17H16N2O. The smallest absolute Gasteiger partial charge is 0.174 e. The standard InChI is InChI=1S/C17H16N2O/c20-17(13-7-2-1-3-8-13)14-9-4-5-10-15(14)19-12-6-11-18-16(17)19/h1-5,7-10,20H,6,11-12H2/t17-/m1/s1. The lowest BCUT2D eigenvalue weighted by Gasteiger charge is -2.30. The fourth-order valence-corrected chi connectivity index (χ4v) is 3.25. The van der Waals surface area contributed by atoms with E-state index in [2.05, 4.69) is 16.0 Å². The molecule has 0 fully saturated rings. The summed E-state index contributed by atoms with van der Waals surface area (Å²) in [4.78, 5) is 6.79. The van der Waals surface area contributed by atoms with Crippen molar-refractivity contribution in [3.8, 4) is 0 Å². The zero-order valence-corrected chi connectivity index (χ0v) is 11.2. The fourth-order valence-electron chi connectivity index (χ4n) is 3.25. The number of para-hydroxylation sites is 1. The van der Waals surface area contributed by atoms with Gasteiger partial charge in [0.15, 0.2) is 5.60 Å². The highest BCUT2D eigenvalue weighted by Crippen LogP contribution is 2.45.